The number of anilines is 1. The Morgan fingerprint density at radius 1 is 1.04 bits per heavy atom. The molecule has 4 rings (SSSR count). The van der Waals surface area contributed by atoms with E-state index in [-0.39, 0.29) is 12.5 Å². The van der Waals surface area contributed by atoms with Crippen molar-refractivity contribution in [1.82, 2.24) is 4.90 Å². The summed E-state index contributed by atoms with van der Waals surface area (Å²) in [5.41, 5.74) is 1.08. The second-order valence-electron chi connectivity index (χ2n) is 6.58. The number of fused-ring (bicyclic) bond motifs is 1. The third-order valence-corrected chi connectivity index (χ3v) is 4.88. The van der Waals surface area contributed by atoms with Crippen molar-refractivity contribution in [2.24, 2.45) is 0 Å². The molecule has 0 bridgehead atoms. The highest BCUT2D eigenvalue weighted by Gasteiger charge is 2.33. The third kappa shape index (κ3) is 3.65. The van der Waals surface area contributed by atoms with Gasteiger partial charge in [0, 0.05) is 26.2 Å². The number of benzene rings is 2. The van der Waals surface area contributed by atoms with Crippen LogP contribution >= 0.6 is 0 Å². The third-order valence-electron chi connectivity index (χ3n) is 4.88. The average Bonchev–Trinajstić information content (AvgIpc) is 2.74. The van der Waals surface area contributed by atoms with E-state index >= 15 is 0 Å². The molecule has 0 N–H and O–H groups in total. The van der Waals surface area contributed by atoms with E-state index in [2.05, 4.69) is 11.0 Å². The first-order chi connectivity index (χ1) is 13.3. The van der Waals surface area contributed by atoms with E-state index in [0.717, 1.165) is 24.5 Å². The van der Waals surface area contributed by atoms with Crippen LogP contribution < -0.4 is 19.1 Å². The van der Waals surface area contributed by atoms with Gasteiger partial charge in [-0.15, -0.1) is 0 Å². The van der Waals surface area contributed by atoms with Crippen LogP contribution in [0, 0.1) is 0 Å². The quantitative estimate of drug-likeness (QED) is 0.830. The van der Waals surface area contributed by atoms with Crippen molar-refractivity contribution in [2.45, 2.75) is 13.0 Å². The minimum Gasteiger partial charge on any atom is -0.492 e. The number of carbonyl (C=O) groups excluding carboxylic acids is 1. The monoisotopic (exact) mass is 368 g/mol. The van der Waals surface area contributed by atoms with Crippen molar-refractivity contribution in [3.8, 4) is 17.2 Å². The summed E-state index contributed by atoms with van der Waals surface area (Å²) in [5.74, 6) is 2.20. The topological polar surface area (TPSA) is 51.2 Å². The standard InChI is InChI=1S/C21H24N2O4/c1-2-25-17-8-4-3-7-16(17)22-11-13-23(14-12-22)21(24)20-15-26-18-9-5-6-10-19(18)27-20/h3-10,20H,2,11-15H2,1H3/t20-/m0/s1. The molecule has 1 amide bonds. The number of ether oxygens (including phenoxy) is 3. The van der Waals surface area contributed by atoms with Crippen molar-refractivity contribution in [2.75, 3.05) is 44.3 Å². The predicted molar refractivity (Wildman–Crippen MR) is 103 cm³/mol. The Bertz CT molecular complexity index is 802. The number of rotatable bonds is 4. The lowest BCUT2D eigenvalue weighted by Gasteiger charge is -2.38. The molecule has 2 aromatic rings. The van der Waals surface area contributed by atoms with Crippen molar-refractivity contribution in [1.29, 1.82) is 0 Å². The summed E-state index contributed by atoms with van der Waals surface area (Å²) in [6.45, 7) is 5.71. The van der Waals surface area contributed by atoms with Crippen LogP contribution in [0.25, 0.3) is 0 Å². The van der Waals surface area contributed by atoms with Crippen LogP contribution in [0.4, 0.5) is 5.69 Å². The van der Waals surface area contributed by atoms with Gasteiger partial charge in [-0.25, -0.2) is 0 Å². The summed E-state index contributed by atoms with van der Waals surface area (Å²) in [6.07, 6.45) is -0.581. The molecule has 2 aromatic carbocycles. The van der Waals surface area contributed by atoms with Crippen LogP contribution in [0.3, 0.4) is 0 Å². The average molecular weight is 368 g/mol. The molecule has 0 saturated carbocycles. The zero-order valence-corrected chi connectivity index (χ0v) is 15.5. The molecule has 2 aliphatic heterocycles. The molecule has 0 aliphatic carbocycles. The molecule has 0 spiro atoms. The molecule has 1 atom stereocenters. The van der Waals surface area contributed by atoms with Crippen molar-refractivity contribution in [3.05, 3.63) is 48.5 Å². The molecule has 1 saturated heterocycles. The largest absolute Gasteiger partial charge is 0.492 e. The summed E-state index contributed by atoms with van der Waals surface area (Å²) in [5, 5.41) is 0. The second-order valence-corrected chi connectivity index (χ2v) is 6.58. The fourth-order valence-electron chi connectivity index (χ4n) is 3.51. The molecule has 0 aromatic heterocycles. The highest BCUT2D eigenvalue weighted by Crippen LogP contribution is 2.32. The van der Waals surface area contributed by atoms with E-state index in [1.807, 2.05) is 54.3 Å². The Balaban J connectivity index is 1.38. The summed E-state index contributed by atoms with van der Waals surface area (Å²) in [4.78, 5) is 17.0. The van der Waals surface area contributed by atoms with Gasteiger partial charge in [-0.2, -0.15) is 0 Å². The van der Waals surface area contributed by atoms with Gasteiger partial charge < -0.3 is 24.0 Å². The van der Waals surface area contributed by atoms with Gasteiger partial charge in [0.05, 0.1) is 12.3 Å². The number of amides is 1. The molecule has 6 heteroatoms. The maximum Gasteiger partial charge on any atom is 0.267 e. The molecule has 27 heavy (non-hydrogen) atoms. The molecule has 6 nitrogen and oxygen atoms in total. The molecule has 0 unspecified atom stereocenters. The van der Waals surface area contributed by atoms with Gasteiger partial charge in [0.15, 0.2) is 11.5 Å². The van der Waals surface area contributed by atoms with E-state index in [9.17, 15) is 4.79 Å². The van der Waals surface area contributed by atoms with E-state index in [4.69, 9.17) is 14.2 Å². The molecule has 2 aliphatic rings. The smallest absolute Gasteiger partial charge is 0.267 e. The van der Waals surface area contributed by atoms with E-state index in [0.29, 0.717) is 31.2 Å². The highest BCUT2D eigenvalue weighted by atomic mass is 16.6. The van der Waals surface area contributed by atoms with E-state index < -0.39 is 6.10 Å². The zero-order valence-electron chi connectivity index (χ0n) is 15.5. The lowest BCUT2D eigenvalue weighted by Crippen LogP contribution is -2.54. The molecule has 0 radical (unpaired) electrons. The molecular weight excluding hydrogens is 344 g/mol. The second kappa shape index (κ2) is 7.78. The van der Waals surface area contributed by atoms with Crippen LogP contribution in [0.15, 0.2) is 48.5 Å². The lowest BCUT2D eigenvalue weighted by atomic mass is 10.2. The number of hydrogen-bond donors (Lipinski definition) is 0. The summed E-state index contributed by atoms with van der Waals surface area (Å²) < 4.78 is 17.3. The maximum absolute atomic E-state index is 12.9. The SMILES string of the molecule is CCOc1ccccc1N1CCN(C(=O)[C@@H]2COc3ccccc3O2)CC1. The first kappa shape index (κ1) is 17.5. The first-order valence-electron chi connectivity index (χ1n) is 9.40. The summed E-state index contributed by atoms with van der Waals surface area (Å²) in [7, 11) is 0. The van der Waals surface area contributed by atoms with Gasteiger partial charge in [-0.05, 0) is 31.2 Å². The van der Waals surface area contributed by atoms with Gasteiger partial charge in [0.25, 0.3) is 5.91 Å². The summed E-state index contributed by atoms with van der Waals surface area (Å²) >= 11 is 0. The molecular formula is C21H24N2O4. The number of piperazine rings is 1. The summed E-state index contributed by atoms with van der Waals surface area (Å²) in [6, 6.07) is 15.5. The Morgan fingerprint density at radius 3 is 2.52 bits per heavy atom. The minimum atomic E-state index is -0.581. The minimum absolute atomic E-state index is 0.0118. The lowest BCUT2D eigenvalue weighted by molar-refractivity contribution is -0.141. The van der Waals surface area contributed by atoms with Crippen LogP contribution in [0.5, 0.6) is 17.2 Å². The fourth-order valence-corrected chi connectivity index (χ4v) is 3.51. The van der Waals surface area contributed by atoms with Crippen molar-refractivity contribution >= 4 is 11.6 Å². The van der Waals surface area contributed by atoms with Gasteiger partial charge in [-0.1, -0.05) is 24.3 Å². The van der Waals surface area contributed by atoms with Crippen molar-refractivity contribution < 1.29 is 19.0 Å². The Labute approximate surface area is 159 Å². The number of para-hydroxylation sites is 4. The number of nitrogens with zero attached hydrogens (tertiary/aromatic N) is 2. The fraction of sp³-hybridized carbons (Fsp3) is 0.381. The molecule has 1 fully saturated rings. The Morgan fingerprint density at radius 2 is 1.74 bits per heavy atom. The van der Waals surface area contributed by atoms with Gasteiger partial charge >= 0.3 is 0 Å². The van der Waals surface area contributed by atoms with E-state index in [1.165, 1.54) is 0 Å². The van der Waals surface area contributed by atoms with Crippen LogP contribution in [-0.4, -0.2) is 56.3 Å². The van der Waals surface area contributed by atoms with Crippen LogP contribution in [0.2, 0.25) is 0 Å². The molecule has 142 valence electrons. The molecule has 2 heterocycles. The van der Waals surface area contributed by atoms with E-state index in [1.54, 1.807) is 0 Å². The maximum atomic E-state index is 12.9. The predicted octanol–water partition coefficient (Wildman–Crippen LogP) is 2.57. The van der Waals surface area contributed by atoms with Gasteiger partial charge in [0.2, 0.25) is 6.10 Å². The normalized spacial score (nSPS) is 18.9. The highest BCUT2D eigenvalue weighted by molar-refractivity contribution is 5.82. The first-order valence-corrected chi connectivity index (χ1v) is 9.40. The Kier molecular flexibility index (Phi) is 5.05. The zero-order chi connectivity index (χ0) is 18.6. The van der Waals surface area contributed by atoms with Crippen LogP contribution in [0.1, 0.15) is 6.92 Å². The number of hydrogen-bond acceptors (Lipinski definition) is 5. The Hall–Kier alpha value is -2.89. The van der Waals surface area contributed by atoms with Crippen LogP contribution in [-0.2, 0) is 4.79 Å². The number of carbonyl (C=O) groups is 1. The van der Waals surface area contributed by atoms with Gasteiger partial charge in [-0.3, -0.25) is 4.79 Å². The van der Waals surface area contributed by atoms with Gasteiger partial charge in [0.1, 0.15) is 12.4 Å². The van der Waals surface area contributed by atoms with Crippen molar-refractivity contribution in [3.63, 3.8) is 0 Å².